The molecule has 0 bridgehead atoms. The Kier molecular flexibility index (Phi) is 4.63. The van der Waals surface area contributed by atoms with Crippen molar-refractivity contribution >= 4 is 17.3 Å². The third-order valence-corrected chi connectivity index (χ3v) is 4.80. The van der Waals surface area contributed by atoms with Gasteiger partial charge in [-0.25, -0.2) is 0 Å². The molecule has 0 radical (unpaired) electrons. The fourth-order valence-corrected chi connectivity index (χ4v) is 3.42. The van der Waals surface area contributed by atoms with Crippen molar-refractivity contribution in [3.63, 3.8) is 0 Å². The van der Waals surface area contributed by atoms with Gasteiger partial charge in [0.1, 0.15) is 0 Å². The van der Waals surface area contributed by atoms with E-state index < -0.39 is 0 Å². The monoisotopic (exact) mass is 330 g/mol. The summed E-state index contributed by atoms with van der Waals surface area (Å²) in [6.07, 6.45) is 1.82. The minimum atomic E-state index is 0.0357. The SMILES string of the molecule is COCCN1C(=S)N[C@H](c2ccccn2)[C@H]1c1ccc(C)n1C. The van der Waals surface area contributed by atoms with Crippen molar-refractivity contribution in [1.82, 2.24) is 19.8 Å². The number of nitrogens with one attached hydrogen (secondary N) is 1. The van der Waals surface area contributed by atoms with E-state index in [0.29, 0.717) is 6.61 Å². The van der Waals surface area contributed by atoms with Crippen LogP contribution in [0.15, 0.2) is 36.5 Å². The topological polar surface area (TPSA) is 42.3 Å². The minimum Gasteiger partial charge on any atom is -0.383 e. The number of nitrogens with zero attached hydrogens (tertiary/aromatic N) is 3. The molecule has 3 heterocycles. The van der Waals surface area contributed by atoms with E-state index in [0.717, 1.165) is 17.4 Å². The van der Waals surface area contributed by atoms with Gasteiger partial charge in [-0.3, -0.25) is 4.98 Å². The first-order valence-corrected chi connectivity index (χ1v) is 8.13. The number of aryl methyl sites for hydroxylation is 1. The zero-order valence-electron chi connectivity index (χ0n) is 13.7. The van der Waals surface area contributed by atoms with Crippen molar-refractivity contribution in [1.29, 1.82) is 0 Å². The third kappa shape index (κ3) is 2.96. The zero-order chi connectivity index (χ0) is 16.4. The molecule has 1 aliphatic rings. The maximum atomic E-state index is 5.58. The Morgan fingerprint density at radius 3 is 2.74 bits per heavy atom. The van der Waals surface area contributed by atoms with Crippen LogP contribution in [0.5, 0.6) is 0 Å². The van der Waals surface area contributed by atoms with Gasteiger partial charge >= 0.3 is 0 Å². The van der Waals surface area contributed by atoms with E-state index in [9.17, 15) is 0 Å². The van der Waals surface area contributed by atoms with Gasteiger partial charge in [-0.15, -0.1) is 0 Å². The van der Waals surface area contributed by atoms with Gasteiger partial charge in [0, 0.05) is 38.3 Å². The van der Waals surface area contributed by atoms with Gasteiger partial charge in [0.25, 0.3) is 0 Å². The highest BCUT2D eigenvalue weighted by Gasteiger charge is 2.40. The molecule has 2 aromatic rings. The van der Waals surface area contributed by atoms with E-state index >= 15 is 0 Å². The number of thiocarbonyl (C=S) groups is 1. The first-order valence-electron chi connectivity index (χ1n) is 7.72. The molecule has 0 unspecified atom stereocenters. The van der Waals surface area contributed by atoms with Crippen molar-refractivity contribution in [2.24, 2.45) is 7.05 Å². The van der Waals surface area contributed by atoms with Crippen molar-refractivity contribution in [2.75, 3.05) is 20.3 Å². The number of rotatable bonds is 5. The van der Waals surface area contributed by atoms with Crippen LogP contribution in [-0.4, -0.2) is 39.8 Å². The molecule has 0 amide bonds. The molecular formula is C17H22N4OS. The van der Waals surface area contributed by atoms with E-state index in [-0.39, 0.29) is 12.1 Å². The van der Waals surface area contributed by atoms with E-state index in [1.807, 2.05) is 24.4 Å². The zero-order valence-corrected chi connectivity index (χ0v) is 14.5. The summed E-state index contributed by atoms with van der Waals surface area (Å²) in [6.45, 7) is 3.50. The summed E-state index contributed by atoms with van der Waals surface area (Å²) in [5.74, 6) is 0. The average molecular weight is 330 g/mol. The number of aromatic nitrogens is 2. The number of methoxy groups -OCH3 is 1. The molecule has 23 heavy (non-hydrogen) atoms. The molecule has 1 N–H and O–H groups in total. The van der Waals surface area contributed by atoms with Gasteiger partial charge in [-0.2, -0.15) is 0 Å². The summed E-state index contributed by atoms with van der Waals surface area (Å²) in [4.78, 5) is 6.73. The van der Waals surface area contributed by atoms with Crippen molar-refractivity contribution < 1.29 is 4.74 Å². The molecule has 2 aromatic heterocycles. The van der Waals surface area contributed by atoms with Crippen LogP contribution in [0.25, 0.3) is 0 Å². The molecule has 0 spiro atoms. The molecule has 1 fully saturated rings. The van der Waals surface area contributed by atoms with E-state index in [1.165, 1.54) is 11.4 Å². The Bertz CT molecular complexity index is 685. The van der Waals surface area contributed by atoms with Gasteiger partial charge in [0.2, 0.25) is 0 Å². The predicted octanol–water partition coefficient (Wildman–Crippen LogP) is 2.35. The fraction of sp³-hybridized carbons (Fsp3) is 0.412. The number of hydrogen-bond acceptors (Lipinski definition) is 3. The average Bonchev–Trinajstić information content (AvgIpc) is 3.06. The fourth-order valence-electron chi connectivity index (χ4n) is 3.09. The lowest BCUT2D eigenvalue weighted by Gasteiger charge is -2.28. The summed E-state index contributed by atoms with van der Waals surface area (Å²) in [5, 5.41) is 4.19. The molecule has 0 aliphatic carbocycles. The lowest BCUT2D eigenvalue weighted by Crippen LogP contribution is -2.33. The van der Waals surface area contributed by atoms with Crippen molar-refractivity contribution in [2.45, 2.75) is 19.0 Å². The molecule has 122 valence electrons. The number of ether oxygens (including phenoxy) is 1. The second-order valence-corrected chi connectivity index (χ2v) is 6.16. The van der Waals surface area contributed by atoms with Crippen molar-refractivity contribution in [3.05, 3.63) is 53.6 Å². The number of hydrogen-bond donors (Lipinski definition) is 1. The second kappa shape index (κ2) is 6.68. The lowest BCUT2D eigenvalue weighted by atomic mass is 10.0. The highest BCUT2D eigenvalue weighted by atomic mass is 32.1. The molecule has 3 rings (SSSR count). The Morgan fingerprint density at radius 1 is 1.30 bits per heavy atom. The van der Waals surface area contributed by atoms with E-state index in [2.05, 4.69) is 45.9 Å². The third-order valence-electron chi connectivity index (χ3n) is 4.45. The van der Waals surface area contributed by atoms with Gasteiger partial charge in [0.05, 0.1) is 24.4 Å². The van der Waals surface area contributed by atoms with Gasteiger partial charge in [-0.05, 0) is 43.4 Å². The largest absolute Gasteiger partial charge is 0.383 e. The quantitative estimate of drug-likeness (QED) is 0.853. The summed E-state index contributed by atoms with van der Waals surface area (Å²) < 4.78 is 7.48. The molecule has 1 saturated heterocycles. The van der Waals surface area contributed by atoms with Crippen LogP contribution in [0.1, 0.15) is 29.2 Å². The Balaban J connectivity index is 2.01. The predicted molar refractivity (Wildman–Crippen MR) is 94.2 cm³/mol. The maximum absolute atomic E-state index is 5.58. The highest BCUT2D eigenvalue weighted by Crippen LogP contribution is 2.38. The van der Waals surface area contributed by atoms with Crippen LogP contribution < -0.4 is 5.32 Å². The molecule has 0 aromatic carbocycles. The van der Waals surface area contributed by atoms with E-state index in [1.54, 1.807) is 7.11 Å². The first kappa shape index (κ1) is 16.0. The summed E-state index contributed by atoms with van der Waals surface area (Å²) in [5.41, 5.74) is 3.45. The van der Waals surface area contributed by atoms with Crippen LogP contribution in [0.2, 0.25) is 0 Å². The standard InChI is InChI=1S/C17H22N4OS/c1-12-7-8-14(20(12)2)16-15(13-6-4-5-9-18-13)19-17(23)21(16)10-11-22-3/h4-9,15-16H,10-11H2,1-3H3,(H,19,23)/t15-,16-/m1/s1. The lowest BCUT2D eigenvalue weighted by molar-refractivity contribution is 0.162. The van der Waals surface area contributed by atoms with Crippen LogP contribution in [0, 0.1) is 6.92 Å². The van der Waals surface area contributed by atoms with Gasteiger partial charge < -0.3 is 19.5 Å². The highest BCUT2D eigenvalue weighted by molar-refractivity contribution is 7.80. The smallest absolute Gasteiger partial charge is 0.170 e. The Hall–Kier alpha value is -1.92. The second-order valence-electron chi connectivity index (χ2n) is 5.77. The maximum Gasteiger partial charge on any atom is 0.170 e. The molecular weight excluding hydrogens is 308 g/mol. The number of pyridine rings is 1. The molecule has 6 heteroatoms. The minimum absolute atomic E-state index is 0.0357. The van der Waals surface area contributed by atoms with Crippen LogP contribution >= 0.6 is 12.2 Å². The molecule has 2 atom stereocenters. The normalized spacial score (nSPS) is 20.8. The summed E-state index contributed by atoms with van der Waals surface area (Å²) in [7, 11) is 3.81. The Labute approximate surface area is 142 Å². The van der Waals surface area contributed by atoms with E-state index in [4.69, 9.17) is 17.0 Å². The van der Waals surface area contributed by atoms with Crippen LogP contribution in [-0.2, 0) is 11.8 Å². The molecule has 1 aliphatic heterocycles. The molecule has 5 nitrogen and oxygen atoms in total. The summed E-state index contributed by atoms with van der Waals surface area (Å²) in [6, 6.07) is 10.4. The van der Waals surface area contributed by atoms with Gasteiger partial charge in [0.15, 0.2) is 5.11 Å². The molecule has 0 saturated carbocycles. The van der Waals surface area contributed by atoms with Crippen molar-refractivity contribution in [3.8, 4) is 0 Å². The first-order chi connectivity index (χ1) is 11.1. The van der Waals surface area contributed by atoms with Crippen LogP contribution in [0.3, 0.4) is 0 Å². The van der Waals surface area contributed by atoms with Crippen LogP contribution in [0.4, 0.5) is 0 Å². The summed E-state index contributed by atoms with van der Waals surface area (Å²) >= 11 is 5.58. The van der Waals surface area contributed by atoms with Gasteiger partial charge in [-0.1, -0.05) is 6.07 Å². The Morgan fingerprint density at radius 2 is 2.13 bits per heavy atom.